The van der Waals surface area contributed by atoms with Crippen molar-refractivity contribution in [3.8, 4) is 28.4 Å². The molecule has 0 saturated carbocycles. The van der Waals surface area contributed by atoms with Gasteiger partial charge in [0.15, 0.2) is 0 Å². The summed E-state index contributed by atoms with van der Waals surface area (Å²) in [5.74, 6) is 0.899. The smallest absolute Gasteiger partial charge is 0.493 e. The molecule has 0 saturated heterocycles. The number of amides is 1. The quantitative estimate of drug-likeness (QED) is 0.238. The number of carboxylic acid groups (broad SMARTS) is 1. The molecule has 0 spiro atoms. The van der Waals surface area contributed by atoms with E-state index in [1.807, 2.05) is 18.2 Å². The van der Waals surface area contributed by atoms with Gasteiger partial charge in [-0.3, -0.25) is 9.78 Å². The van der Waals surface area contributed by atoms with Crippen molar-refractivity contribution >= 4 is 41.0 Å². The Kier molecular flexibility index (Phi) is 7.35. The van der Waals surface area contributed by atoms with E-state index in [0.717, 1.165) is 11.1 Å². The molecule has 1 unspecified atom stereocenters. The third-order valence-corrected chi connectivity index (χ3v) is 6.36. The van der Waals surface area contributed by atoms with Crippen molar-refractivity contribution in [2.75, 3.05) is 11.9 Å². The molecular formula is C28H20Cl2N2O6. The Hall–Kier alpha value is -4.27. The molecule has 1 aromatic heterocycles. The maximum absolute atomic E-state index is 12.8. The molecule has 2 heterocycles. The van der Waals surface area contributed by atoms with Crippen molar-refractivity contribution in [2.45, 2.75) is 12.5 Å². The average Bonchev–Trinajstić information content (AvgIpc) is 2.90. The van der Waals surface area contributed by atoms with E-state index < -0.39 is 12.3 Å². The Morgan fingerprint density at radius 3 is 2.47 bits per heavy atom. The lowest BCUT2D eigenvalue weighted by molar-refractivity contribution is 0.0326. The molecule has 192 valence electrons. The van der Waals surface area contributed by atoms with Crippen molar-refractivity contribution in [3.05, 3.63) is 100 Å². The summed E-state index contributed by atoms with van der Waals surface area (Å²) in [5.41, 5.74) is 3.28. The fourth-order valence-electron chi connectivity index (χ4n) is 3.99. The van der Waals surface area contributed by atoms with Gasteiger partial charge in [-0.2, -0.15) is 0 Å². The highest BCUT2D eigenvalue weighted by Crippen LogP contribution is 2.42. The number of pyridine rings is 1. The first-order chi connectivity index (χ1) is 18.4. The first-order valence-electron chi connectivity index (χ1n) is 11.5. The molecule has 1 amide bonds. The van der Waals surface area contributed by atoms with Crippen LogP contribution in [0.15, 0.2) is 79.1 Å². The van der Waals surface area contributed by atoms with Crippen molar-refractivity contribution in [2.24, 2.45) is 0 Å². The molecule has 0 radical (unpaired) electrons. The fourth-order valence-corrected chi connectivity index (χ4v) is 4.33. The van der Waals surface area contributed by atoms with Crippen LogP contribution in [0.3, 0.4) is 0 Å². The van der Waals surface area contributed by atoms with Gasteiger partial charge in [0.05, 0.1) is 23.5 Å². The van der Waals surface area contributed by atoms with Gasteiger partial charge in [0.25, 0.3) is 5.91 Å². The highest BCUT2D eigenvalue weighted by atomic mass is 35.5. The van der Waals surface area contributed by atoms with E-state index in [0.29, 0.717) is 52.1 Å². The van der Waals surface area contributed by atoms with Crippen molar-refractivity contribution in [3.63, 3.8) is 0 Å². The molecule has 1 atom stereocenters. The Balaban J connectivity index is 1.27. The molecule has 38 heavy (non-hydrogen) atoms. The second kappa shape index (κ2) is 11.0. The number of ether oxygens (including phenoxy) is 3. The zero-order chi connectivity index (χ0) is 26.6. The van der Waals surface area contributed by atoms with Gasteiger partial charge in [0, 0.05) is 40.4 Å². The zero-order valence-electron chi connectivity index (χ0n) is 19.7. The topological polar surface area (TPSA) is 107 Å². The molecule has 1 aliphatic rings. The minimum atomic E-state index is -1.37. The van der Waals surface area contributed by atoms with E-state index in [4.69, 9.17) is 42.5 Å². The van der Waals surface area contributed by atoms with E-state index in [1.54, 1.807) is 60.9 Å². The number of carbonyl (C=O) groups is 2. The Labute approximate surface area is 227 Å². The van der Waals surface area contributed by atoms with Gasteiger partial charge in [-0.25, -0.2) is 4.79 Å². The van der Waals surface area contributed by atoms with Crippen molar-refractivity contribution in [1.82, 2.24) is 4.98 Å². The Morgan fingerprint density at radius 2 is 1.74 bits per heavy atom. The number of benzene rings is 3. The molecule has 10 heteroatoms. The molecule has 8 nitrogen and oxygen atoms in total. The second-order valence-corrected chi connectivity index (χ2v) is 9.22. The number of halogens is 2. The molecule has 0 bridgehead atoms. The summed E-state index contributed by atoms with van der Waals surface area (Å²) in [6.07, 6.45) is 1.64. The lowest BCUT2D eigenvalue weighted by Gasteiger charge is -2.25. The van der Waals surface area contributed by atoms with Crippen molar-refractivity contribution in [1.29, 1.82) is 0 Å². The van der Waals surface area contributed by atoms with Gasteiger partial charge in [-0.15, -0.1) is 0 Å². The number of hydrogen-bond acceptors (Lipinski definition) is 6. The SMILES string of the molecule is O=C(O)OC1CCOc2cc(Oc3ccc(C(=O)Nc4cncc(-c5ccc(Cl)cc5)c4)cc3)c(Cl)cc21. The van der Waals surface area contributed by atoms with Crippen LogP contribution in [-0.2, 0) is 4.74 Å². The maximum atomic E-state index is 12.8. The predicted octanol–water partition coefficient (Wildman–Crippen LogP) is 7.62. The van der Waals surface area contributed by atoms with E-state index in [1.165, 1.54) is 0 Å². The number of anilines is 1. The van der Waals surface area contributed by atoms with Gasteiger partial charge in [0.1, 0.15) is 23.4 Å². The maximum Gasteiger partial charge on any atom is 0.506 e. The van der Waals surface area contributed by atoms with Gasteiger partial charge in [0.2, 0.25) is 0 Å². The Bertz CT molecular complexity index is 1490. The average molecular weight is 551 g/mol. The number of aromatic nitrogens is 1. The first-order valence-corrected chi connectivity index (χ1v) is 12.3. The molecule has 1 aliphatic heterocycles. The summed E-state index contributed by atoms with van der Waals surface area (Å²) in [4.78, 5) is 28.0. The van der Waals surface area contributed by atoms with Crippen LogP contribution in [0, 0.1) is 0 Å². The molecule has 2 N–H and O–H groups in total. The van der Waals surface area contributed by atoms with Gasteiger partial charge in [-0.05, 0) is 54.1 Å². The predicted molar refractivity (Wildman–Crippen MR) is 143 cm³/mol. The number of fused-ring (bicyclic) bond motifs is 1. The summed E-state index contributed by atoms with van der Waals surface area (Å²) in [6.45, 7) is 0.300. The normalized spacial score (nSPS) is 14.1. The van der Waals surface area contributed by atoms with Gasteiger partial charge in [-0.1, -0.05) is 35.3 Å². The summed E-state index contributed by atoms with van der Waals surface area (Å²) in [5, 5.41) is 12.7. The highest BCUT2D eigenvalue weighted by Gasteiger charge is 2.27. The molecule has 0 aliphatic carbocycles. The zero-order valence-corrected chi connectivity index (χ0v) is 21.2. The number of nitrogens with one attached hydrogen (secondary N) is 1. The van der Waals surface area contributed by atoms with E-state index in [-0.39, 0.29) is 10.9 Å². The summed E-state index contributed by atoms with van der Waals surface area (Å²) < 4.78 is 16.5. The fraction of sp³-hybridized carbons (Fsp3) is 0.107. The van der Waals surface area contributed by atoms with Crippen LogP contribution in [0.4, 0.5) is 10.5 Å². The Morgan fingerprint density at radius 1 is 0.974 bits per heavy atom. The van der Waals surface area contributed by atoms with Crippen LogP contribution in [0.5, 0.6) is 17.2 Å². The van der Waals surface area contributed by atoms with E-state index >= 15 is 0 Å². The van der Waals surface area contributed by atoms with Crippen LogP contribution in [0.2, 0.25) is 10.0 Å². The number of rotatable bonds is 6. The standard InChI is InChI=1S/C28H20Cl2N2O6/c29-19-5-1-16(2-6-19)18-11-20(15-31-14-18)32-27(33)17-3-7-21(8-4-17)37-26-13-25-22(12-23(26)30)24(9-10-36-25)38-28(34)35/h1-8,11-15,24H,9-10H2,(H,32,33)(H,34,35). The number of hydrogen-bond donors (Lipinski definition) is 2. The third-order valence-electron chi connectivity index (χ3n) is 5.81. The summed E-state index contributed by atoms with van der Waals surface area (Å²) >= 11 is 12.4. The van der Waals surface area contributed by atoms with Crippen LogP contribution in [0.25, 0.3) is 11.1 Å². The minimum Gasteiger partial charge on any atom is -0.493 e. The summed E-state index contributed by atoms with van der Waals surface area (Å²) in [6, 6.07) is 18.9. The number of carbonyl (C=O) groups excluding carboxylic acids is 1. The first kappa shape index (κ1) is 25.4. The lowest BCUT2D eigenvalue weighted by Crippen LogP contribution is -2.18. The molecule has 0 fully saturated rings. The third kappa shape index (κ3) is 5.82. The van der Waals surface area contributed by atoms with E-state index in [2.05, 4.69) is 10.3 Å². The van der Waals surface area contributed by atoms with Crippen LogP contribution >= 0.6 is 23.2 Å². The molecule has 3 aromatic carbocycles. The van der Waals surface area contributed by atoms with Gasteiger partial charge >= 0.3 is 6.16 Å². The van der Waals surface area contributed by atoms with Crippen LogP contribution < -0.4 is 14.8 Å². The van der Waals surface area contributed by atoms with Gasteiger partial charge < -0.3 is 24.6 Å². The largest absolute Gasteiger partial charge is 0.506 e. The minimum absolute atomic E-state index is 0.267. The monoisotopic (exact) mass is 550 g/mol. The highest BCUT2D eigenvalue weighted by molar-refractivity contribution is 6.32. The lowest BCUT2D eigenvalue weighted by atomic mass is 10.0. The van der Waals surface area contributed by atoms with Crippen LogP contribution in [-0.4, -0.2) is 28.8 Å². The molecule has 5 rings (SSSR count). The second-order valence-electron chi connectivity index (χ2n) is 8.38. The number of nitrogens with zero attached hydrogens (tertiary/aromatic N) is 1. The van der Waals surface area contributed by atoms with Crippen molar-refractivity contribution < 1.29 is 28.9 Å². The molecule has 4 aromatic rings. The summed E-state index contributed by atoms with van der Waals surface area (Å²) in [7, 11) is 0. The molecular weight excluding hydrogens is 531 g/mol. The van der Waals surface area contributed by atoms with Crippen LogP contribution in [0.1, 0.15) is 28.4 Å². The van der Waals surface area contributed by atoms with E-state index in [9.17, 15) is 9.59 Å².